The first kappa shape index (κ1) is 24.1. The van der Waals surface area contributed by atoms with Gasteiger partial charge in [-0.05, 0) is 0 Å². The molecule has 0 aliphatic rings. The van der Waals surface area contributed by atoms with Gasteiger partial charge in [-0.15, -0.1) is 0 Å². The summed E-state index contributed by atoms with van der Waals surface area (Å²) in [5.74, 6) is -2.90. The number of carbonyl (C=O) groups excluding carboxylic acids is 1. The van der Waals surface area contributed by atoms with Gasteiger partial charge in [-0.3, -0.25) is 0 Å². The maximum absolute atomic E-state index is 12.4. The zero-order valence-corrected chi connectivity index (χ0v) is 19.0. The maximum atomic E-state index is 12.4. The predicted molar refractivity (Wildman–Crippen MR) is 104 cm³/mol. The summed E-state index contributed by atoms with van der Waals surface area (Å²) in [5.41, 5.74) is -0.371. The van der Waals surface area contributed by atoms with Crippen LogP contribution in [0.4, 0.5) is 4.79 Å². The number of amides is 1. The van der Waals surface area contributed by atoms with Crippen LogP contribution in [0, 0.1) is 0 Å². The van der Waals surface area contributed by atoms with E-state index in [-0.39, 0.29) is 11.5 Å². The van der Waals surface area contributed by atoms with Crippen LogP contribution < -0.4 is 5.32 Å². The van der Waals surface area contributed by atoms with Crippen molar-refractivity contribution in [1.29, 1.82) is 0 Å². The van der Waals surface area contributed by atoms with Gasteiger partial charge in [0.1, 0.15) is 0 Å². The Labute approximate surface area is 153 Å². The molecular formula is C15H35ClNO5PSi. The van der Waals surface area contributed by atoms with Crippen molar-refractivity contribution in [3.8, 4) is 0 Å². The van der Waals surface area contributed by atoms with Crippen molar-refractivity contribution in [2.24, 2.45) is 0 Å². The van der Waals surface area contributed by atoms with Gasteiger partial charge >= 0.3 is 153 Å². The van der Waals surface area contributed by atoms with Crippen LogP contribution in [0.15, 0.2) is 0 Å². The van der Waals surface area contributed by atoms with E-state index in [0.29, 0.717) is 26.2 Å². The molecule has 0 fully saturated rings. The summed E-state index contributed by atoms with van der Waals surface area (Å²) in [6.45, 7) is 16.6. The number of carbonyl (C=O) groups is 1. The minimum atomic E-state index is -3.04. The third-order valence-corrected chi connectivity index (χ3v) is 10.5. The summed E-state index contributed by atoms with van der Waals surface area (Å²) in [4.78, 5) is 12.4. The fourth-order valence-corrected chi connectivity index (χ4v) is 5.41. The predicted octanol–water partition coefficient (Wildman–Crippen LogP) is 4.02. The van der Waals surface area contributed by atoms with Crippen LogP contribution in [0.25, 0.3) is 0 Å². The van der Waals surface area contributed by atoms with E-state index < -0.39 is 20.9 Å². The average Bonchev–Trinajstić information content (AvgIpc) is 2.43. The van der Waals surface area contributed by atoms with E-state index in [1.807, 2.05) is 54.6 Å². The van der Waals surface area contributed by atoms with Gasteiger partial charge in [0.05, 0.1) is 0 Å². The molecule has 0 rings (SSSR count). The Hall–Kier alpha value is 0.0869. The third kappa shape index (κ3) is 7.54. The molecular weight excluding hydrogens is 369 g/mol. The normalized spacial score (nSPS) is 16.8. The molecule has 0 aromatic rings. The van der Waals surface area contributed by atoms with Gasteiger partial charge in [-0.1, -0.05) is 0 Å². The van der Waals surface area contributed by atoms with Crippen molar-refractivity contribution in [3.63, 3.8) is 0 Å². The molecule has 9 heteroatoms. The molecule has 24 heavy (non-hydrogen) atoms. The van der Waals surface area contributed by atoms with Crippen molar-refractivity contribution in [1.82, 2.24) is 5.32 Å². The summed E-state index contributed by atoms with van der Waals surface area (Å²) in [6, 6.07) is 0. The number of alkyl carbamates (subject to hydrolysis) is 1. The molecule has 0 aliphatic heterocycles. The van der Waals surface area contributed by atoms with Gasteiger partial charge in [0.2, 0.25) is 0 Å². The van der Waals surface area contributed by atoms with Gasteiger partial charge in [0, 0.05) is 0 Å². The topological polar surface area (TPSA) is 66.0 Å². The molecule has 6 nitrogen and oxygen atoms in total. The van der Waals surface area contributed by atoms with Gasteiger partial charge in [-0.2, -0.15) is 0 Å². The van der Waals surface area contributed by atoms with E-state index in [4.69, 9.17) is 29.3 Å². The van der Waals surface area contributed by atoms with E-state index in [9.17, 15) is 4.79 Å². The zero-order valence-electron chi connectivity index (χ0n) is 16.3. The molecule has 0 aromatic carbocycles. The second-order valence-corrected chi connectivity index (χ2v) is 19.3. The van der Waals surface area contributed by atoms with Gasteiger partial charge in [0.25, 0.3) is 0 Å². The molecule has 0 heterocycles. The summed E-state index contributed by atoms with van der Waals surface area (Å²) in [7, 11) is -3.04. The fraction of sp³-hybridized carbons (Fsp3) is 0.933. The Bertz CT molecular complexity index is 379. The molecule has 0 saturated carbocycles. The van der Waals surface area contributed by atoms with Crippen LogP contribution >= 0.6 is 17.2 Å². The summed E-state index contributed by atoms with van der Waals surface area (Å²) >= 11 is 6.55. The molecule has 1 N–H and O–H groups in total. The number of halogens is 1. The SMILES string of the molecule is CCO[Si](OCC)(OCC)C(CC)NC(=O)OC(C)P(C)(C)(C)Cl. The van der Waals surface area contributed by atoms with Gasteiger partial charge in [-0.25, -0.2) is 0 Å². The third-order valence-electron chi connectivity index (χ3n) is 3.67. The molecule has 0 bridgehead atoms. The summed E-state index contributed by atoms with van der Waals surface area (Å²) in [6.07, 6.45) is 0.0930. The van der Waals surface area contributed by atoms with Crippen molar-refractivity contribution in [3.05, 3.63) is 0 Å². The van der Waals surface area contributed by atoms with Crippen LogP contribution in [0.1, 0.15) is 41.0 Å². The Morgan fingerprint density at radius 1 is 1.04 bits per heavy atom. The number of rotatable bonds is 11. The summed E-state index contributed by atoms with van der Waals surface area (Å²) < 4.78 is 23.1. The van der Waals surface area contributed by atoms with Crippen molar-refractivity contribution >= 4 is 32.1 Å². The van der Waals surface area contributed by atoms with Gasteiger partial charge < -0.3 is 0 Å². The van der Waals surface area contributed by atoms with Crippen molar-refractivity contribution < 1.29 is 22.8 Å². The van der Waals surface area contributed by atoms with Crippen LogP contribution in [-0.2, 0) is 18.0 Å². The number of ether oxygens (including phenoxy) is 1. The number of hydrogen-bond donors (Lipinski definition) is 1. The monoisotopic (exact) mass is 403 g/mol. The van der Waals surface area contributed by atoms with E-state index in [1.54, 1.807) is 0 Å². The average molecular weight is 404 g/mol. The Morgan fingerprint density at radius 2 is 1.46 bits per heavy atom. The molecule has 0 spiro atoms. The van der Waals surface area contributed by atoms with Crippen molar-refractivity contribution in [2.75, 3.05) is 39.8 Å². The molecule has 0 aliphatic carbocycles. The second-order valence-electron chi connectivity index (χ2n) is 6.73. The zero-order chi connectivity index (χ0) is 19.0. The quantitative estimate of drug-likeness (QED) is 0.417. The summed E-state index contributed by atoms with van der Waals surface area (Å²) in [5, 5.41) is 2.87. The Kier molecular flexibility index (Phi) is 9.73. The van der Waals surface area contributed by atoms with Crippen LogP contribution in [0.3, 0.4) is 0 Å². The van der Waals surface area contributed by atoms with Crippen LogP contribution in [-0.4, -0.2) is 66.2 Å². The number of nitrogens with one attached hydrogen (secondary N) is 1. The Balaban J connectivity index is 5.18. The molecule has 0 saturated heterocycles. The van der Waals surface area contributed by atoms with E-state index in [2.05, 4.69) is 5.32 Å². The molecule has 0 aromatic heterocycles. The molecule has 1 amide bonds. The van der Waals surface area contributed by atoms with Crippen LogP contribution in [0.2, 0.25) is 0 Å². The first-order chi connectivity index (χ1) is 10.9. The van der Waals surface area contributed by atoms with Crippen LogP contribution in [0.5, 0.6) is 0 Å². The molecule has 146 valence electrons. The minimum absolute atomic E-state index is 0.363. The standard InChI is InChI=1S/C15H35ClNO5PSi/c1-9-14(24(19-10-2,20-11-3)21-12-4)17-15(18)22-13(5)23(6,7,8)16/h13-14H,9-12H2,1-8H3,(H,17,18). The van der Waals surface area contributed by atoms with E-state index in [0.717, 1.165) is 0 Å². The molecule has 0 radical (unpaired) electrons. The second kappa shape index (κ2) is 9.69. The fourth-order valence-electron chi connectivity index (χ4n) is 1.98. The Morgan fingerprint density at radius 3 is 1.75 bits per heavy atom. The van der Waals surface area contributed by atoms with Gasteiger partial charge in [0.15, 0.2) is 0 Å². The molecule has 2 atom stereocenters. The van der Waals surface area contributed by atoms with Crippen molar-refractivity contribution in [2.45, 2.75) is 52.5 Å². The van der Waals surface area contributed by atoms with E-state index in [1.165, 1.54) is 0 Å². The van der Waals surface area contributed by atoms with E-state index >= 15 is 0 Å². The number of hydrogen-bond acceptors (Lipinski definition) is 5. The molecule has 2 unspecified atom stereocenters. The first-order valence-electron chi connectivity index (χ1n) is 8.53. The first-order valence-corrected chi connectivity index (χ1v) is 14.9.